The number of aromatic nitrogens is 1. The number of rotatable bonds is 4. The molecule has 0 spiro atoms. The molecule has 1 saturated carbocycles. The van der Waals surface area contributed by atoms with Crippen molar-refractivity contribution in [1.82, 2.24) is 4.98 Å². The zero-order chi connectivity index (χ0) is 18.0. The Bertz CT molecular complexity index is 969. The van der Waals surface area contributed by atoms with Crippen molar-refractivity contribution in [2.24, 2.45) is 29.4 Å². The Labute approximate surface area is 157 Å². The van der Waals surface area contributed by atoms with Gasteiger partial charge in [-0.15, -0.1) is 11.3 Å². The molecule has 1 aromatic carbocycles. The Kier molecular flexibility index (Phi) is 3.48. The molecule has 2 heterocycles. The maximum Gasteiger partial charge on any atom is 0.238 e. The minimum Gasteiger partial charge on any atom is -0.369 e. The van der Waals surface area contributed by atoms with Crippen LogP contribution in [0.25, 0.3) is 10.2 Å². The van der Waals surface area contributed by atoms with Gasteiger partial charge in [-0.2, -0.15) is 0 Å². The summed E-state index contributed by atoms with van der Waals surface area (Å²) >= 11 is 2.72. The van der Waals surface area contributed by atoms with Crippen LogP contribution in [-0.2, 0) is 14.4 Å². The number of thiazole rings is 1. The SMILES string of the molecule is NC(=O)CSc1nc2ccc(N3C(=O)[C@H]4[C@H](C3=O)[C@H]3C=C[C@H]4C3)cc2s1. The van der Waals surface area contributed by atoms with E-state index in [4.69, 9.17) is 5.73 Å². The van der Waals surface area contributed by atoms with Gasteiger partial charge in [0.15, 0.2) is 4.34 Å². The molecule has 2 fully saturated rings. The van der Waals surface area contributed by atoms with Crippen LogP contribution < -0.4 is 10.6 Å². The van der Waals surface area contributed by atoms with E-state index >= 15 is 0 Å². The van der Waals surface area contributed by atoms with Crippen LogP contribution in [0, 0.1) is 23.7 Å². The molecule has 1 saturated heterocycles. The zero-order valence-electron chi connectivity index (χ0n) is 13.6. The predicted octanol–water partition coefficient (Wildman–Crippen LogP) is 2.19. The number of fused-ring (bicyclic) bond motifs is 6. The molecule has 1 aliphatic heterocycles. The third-order valence-electron chi connectivity index (χ3n) is 5.42. The van der Waals surface area contributed by atoms with Crippen LogP contribution >= 0.6 is 23.1 Å². The highest BCUT2D eigenvalue weighted by atomic mass is 32.2. The fourth-order valence-electron chi connectivity index (χ4n) is 4.38. The molecule has 5 rings (SSSR count). The molecule has 3 amide bonds. The van der Waals surface area contributed by atoms with Crippen molar-refractivity contribution in [2.45, 2.75) is 10.8 Å². The highest BCUT2D eigenvalue weighted by Crippen LogP contribution is 2.53. The molecule has 2 aliphatic carbocycles. The first-order valence-corrected chi connectivity index (χ1v) is 10.2. The molecule has 8 heteroatoms. The third-order valence-corrected chi connectivity index (χ3v) is 7.60. The van der Waals surface area contributed by atoms with Crippen LogP contribution in [-0.4, -0.2) is 28.5 Å². The number of thioether (sulfide) groups is 1. The number of hydrogen-bond donors (Lipinski definition) is 1. The molecule has 6 nitrogen and oxygen atoms in total. The number of allylic oxidation sites excluding steroid dienone is 2. The summed E-state index contributed by atoms with van der Waals surface area (Å²) in [5.41, 5.74) is 6.57. The van der Waals surface area contributed by atoms with Crippen LogP contribution in [0.2, 0.25) is 0 Å². The van der Waals surface area contributed by atoms with Crippen molar-refractivity contribution in [3.63, 3.8) is 0 Å². The second-order valence-electron chi connectivity index (χ2n) is 6.90. The van der Waals surface area contributed by atoms with Crippen LogP contribution in [0.15, 0.2) is 34.7 Å². The molecular formula is C18H15N3O3S2. The summed E-state index contributed by atoms with van der Waals surface area (Å²) in [6.45, 7) is 0. The summed E-state index contributed by atoms with van der Waals surface area (Å²) in [7, 11) is 0. The van der Waals surface area contributed by atoms with E-state index in [9.17, 15) is 14.4 Å². The van der Waals surface area contributed by atoms with Crippen molar-refractivity contribution >= 4 is 56.7 Å². The first-order chi connectivity index (χ1) is 12.5. The number of imide groups is 1. The van der Waals surface area contributed by atoms with E-state index in [0.717, 1.165) is 21.0 Å². The molecule has 3 aliphatic rings. The molecule has 26 heavy (non-hydrogen) atoms. The zero-order valence-corrected chi connectivity index (χ0v) is 15.3. The molecule has 0 unspecified atom stereocenters. The molecule has 132 valence electrons. The normalized spacial score (nSPS) is 29.2. The number of benzene rings is 1. The third kappa shape index (κ3) is 2.25. The maximum absolute atomic E-state index is 12.9. The van der Waals surface area contributed by atoms with E-state index in [2.05, 4.69) is 17.1 Å². The van der Waals surface area contributed by atoms with Gasteiger partial charge in [0, 0.05) is 0 Å². The van der Waals surface area contributed by atoms with E-state index < -0.39 is 5.91 Å². The van der Waals surface area contributed by atoms with Gasteiger partial charge in [0.05, 0.1) is 33.5 Å². The number of nitrogens with two attached hydrogens (primary N) is 1. The fraction of sp³-hybridized carbons (Fsp3) is 0.333. The first kappa shape index (κ1) is 16.0. The lowest BCUT2D eigenvalue weighted by atomic mass is 9.85. The van der Waals surface area contributed by atoms with Gasteiger partial charge in [-0.05, 0) is 36.5 Å². The van der Waals surface area contributed by atoms with E-state index in [1.165, 1.54) is 28.0 Å². The Balaban J connectivity index is 1.47. The predicted molar refractivity (Wildman–Crippen MR) is 99.7 cm³/mol. The highest BCUT2D eigenvalue weighted by Gasteiger charge is 2.59. The molecule has 2 bridgehead atoms. The van der Waals surface area contributed by atoms with Crippen LogP contribution in [0.4, 0.5) is 5.69 Å². The molecule has 0 radical (unpaired) electrons. The second-order valence-corrected chi connectivity index (χ2v) is 9.15. The summed E-state index contributed by atoms with van der Waals surface area (Å²) in [6, 6.07) is 5.43. The first-order valence-electron chi connectivity index (χ1n) is 8.41. The van der Waals surface area contributed by atoms with Gasteiger partial charge < -0.3 is 5.73 Å². The number of carbonyl (C=O) groups is 3. The fourth-order valence-corrected chi connectivity index (χ4v) is 6.22. The van der Waals surface area contributed by atoms with Crippen LogP contribution in [0.5, 0.6) is 0 Å². The second kappa shape index (κ2) is 5.65. The summed E-state index contributed by atoms with van der Waals surface area (Å²) in [5, 5.41) is 0. The lowest BCUT2D eigenvalue weighted by Gasteiger charge is -2.17. The van der Waals surface area contributed by atoms with Crippen LogP contribution in [0.3, 0.4) is 0 Å². The molecule has 4 atom stereocenters. The Morgan fingerprint density at radius 3 is 2.58 bits per heavy atom. The van der Waals surface area contributed by atoms with Gasteiger partial charge in [0.25, 0.3) is 0 Å². The van der Waals surface area contributed by atoms with E-state index in [1.54, 1.807) is 6.07 Å². The summed E-state index contributed by atoms with van der Waals surface area (Å²) < 4.78 is 1.63. The van der Waals surface area contributed by atoms with Gasteiger partial charge >= 0.3 is 0 Å². The van der Waals surface area contributed by atoms with Gasteiger partial charge in [-0.1, -0.05) is 23.9 Å². The topological polar surface area (TPSA) is 93.4 Å². The molecule has 1 aromatic heterocycles. The minimum absolute atomic E-state index is 0.0796. The van der Waals surface area contributed by atoms with Crippen molar-refractivity contribution in [1.29, 1.82) is 0 Å². The number of primary amides is 1. The van der Waals surface area contributed by atoms with Crippen molar-refractivity contribution < 1.29 is 14.4 Å². The monoisotopic (exact) mass is 385 g/mol. The Morgan fingerprint density at radius 2 is 1.92 bits per heavy atom. The van der Waals surface area contributed by atoms with Gasteiger partial charge in [-0.3, -0.25) is 14.4 Å². The number of nitrogens with zero attached hydrogens (tertiary/aromatic N) is 2. The van der Waals surface area contributed by atoms with E-state index in [-0.39, 0.29) is 41.2 Å². The van der Waals surface area contributed by atoms with Crippen molar-refractivity contribution in [3.05, 3.63) is 30.4 Å². The minimum atomic E-state index is -0.391. The molecule has 2 aromatic rings. The quantitative estimate of drug-likeness (QED) is 0.495. The summed E-state index contributed by atoms with van der Waals surface area (Å²) in [6.07, 6.45) is 5.11. The van der Waals surface area contributed by atoms with E-state index in [1.807, 2.05) is 12.1 Å². The van der Waals surface area contributed by atoms with Gasteiger partial charge in [0.1, 0.15) is 0 Å². The number of hydrogen-bond acceptors (Lipinski definition) is 6. The number of amides is 3. The Hall–Kier alpha value is -2.19. The summed E-state index contributed by atoms with van der Waals surface area (Å²) in [4.78, 5) is 42.6. The maximum atomic E-state index is 12.9. The van der Waals surface area contributed by atoms with Crippen molar-refractivity contribution in [3.8, 4) is 0 Å². The average Bonchev–Trinajstić information content (AvgIpc) is 3.35. The van der Waals surface area contributed by atoms with Gasteiger partial charge in [0.2, 0.25) is 17.7 Å². The molecular weight excluding hydrogens is 370 g/mol. The lowest BCUT2D eigenvalue weighted by Crippen LogP contribution is -2.32. The summed E-state index contributed by atoms with van der Waals surface area (Å²) in [5.74, 6) is -0.362. The van der Waals surface area contributed by atoms with Gasteiger partial charge in [-0.25, -0.2) is 9.88 Å². The smallest absolute Gasteiger partial charge is 0.238 e. The van der Waals surface area contributed by atoms with Crippen LogP contribution in [0.1, 0.15) is 6.42 Å². The highest BCUT2D eigenvalue weighted by molar-refractivity contribution is 8.01. The van der Waals surface area contributed by atoms with Crippen molar-refractivity contribution in [2.75, 3.05) is 10.7 Å². The largest absolute Gasteiger partial charge is 0.369 e. The van der Waals surface area contributed by atoms with E-state index in [0.29, 0.717) is 5.69 Å². The standard InChI is InChI=1S/C18H15N3O3S2/c19-13(22)7-25-18-20-11-4-3-10(6-12(11)26-18)21-16(23)14-8-1-2-9(5-8)15(14)17(21)24/h1-4,6,8-9,14-15H,5,7H2,(H2,19,22)/t8-,9-,14+,15+/m0/s1. The number of carbonyl (C=O) groups excluding carboxylic acids is 3. The molecule has 2 N–H and O–H groups in total. The lowest BCUT2D eigenvalue weighted by molar-refractivity contribution is -0.123. The average molecular weight is 385 g/mol. The Morgan fingerprint density at radius 1 is 1.23 bits per heavy atom. The number of anilines is 1.